The summed E-state index contributed by atoms with van der Waals surface area (Å²) in [6, 6.07) is 15.4. The SMILES string of the molecule is O=C(c1ccc(-c2ccc3c(c2)CCN([C@@H]2CCN(C4CCC4)C2)C3=O)cc1)N1CCCCC1. The Balaban J connectivity index is 1.14. The predicted molar refractivity (Wildman–Crippen MR) is 134 cm³/mol. The lowest BCUT2D eigenvalue weighted by atomic mass is 9.92. The second-order valence-corrected chi connectivity index (χ2v) is 10.6. The van der Waals surface area contributed by atoms with Gasteiger partial charge in [-0.05, 0) is 79.8 Å². The van der Waals surface area contributed by atoms with Crippen molar-refractivity contribution in [1.82, 2.24) is 14.7 Å². The molecule has 4 aliphatic rings. The lowest BCUT2D eigenvalue weighted by Gasteiger charge is -2.37. The van der Waals surface area contributed by atoms with Gasteiger partial charge < -0.3 is 9.80 Å². The molecule has 2 amide bonds. The molecular weight excluding hydrogens is 422 g/mol. The average Bonchev–Trinajstić information content (AvgIpc) is 3.32. The molecule has 0 unspecified atom stereocenters. The van der Waals surface area contributed by atoms with Gasteiger partial charge in [0.1, 0.15) is 0 Å². The Morgan fingerprint density at radius 3 is 2.26 bits per heavy atom. The summed E-state index contributed by atoms with van der Waals surface area (Å²) in [5.74, 6) is 0.348. The van der Waals surface area contributed by atoms with Gasteiger partial charge in [-0.15, -0.1) is 0 Å². The van der Waals surface area contributed by atoms with Crippen LogP contribution in [0.2, 0.25) is 0 Å². The number of piperidine rings is 1. The Bertz CT molecular complexity index is 1070. The highest BCUT2D eigenvalue weighted by atomic mass is 16.2. The highest BCUT2D eigenvalue weighted by molar-refractivity contribution is 5.98. The van der Waals surface area contributed by atoms with Gasteiger partial charge in [-0.1, -0.05) is 30.7 Å². The van der Waals surface area contributed by atoms with Crippen molar-refractivity contribution in [2.24, 2.45) is 0 Å². The van der Waals surface area contributed by atoms with Gasteiger partial charge in [0.05, 0.1) is 0 Å². The van der Waals surface area contributed by atoms with Crippen LogP contribution in [0.5, 0.6) is 0 Å². The molecule has 6 rings (SSSR count). The molecule has 3 aliphatic heterocycles. The third-order valence-electron chi connectivity index (χ3n) is 8.55. The van der Waals surface area contributed by atoms with Crippen molar-refractivity contribution in [2.75, 3.05) is 32.7 Å². The number of benzene rings is 2. The number of fused-ring (bicyclic) bond motifs is 1. The summed E-state index contributed by atoms with van der Waals surface area (Å²) in [6.07, 6.45) is 9.49. The monoisotopic (exact) mass is 457 g/mol. The van der Waals surface area contributed by atoms with E-state index in [4.69, 9.17) is 0 Å². The number of nitrogens with zero attached hydrogens (tertiary/aromatic N) is 3. The van der Waals surface area contributed by atoms with Gasteiger partial charge >= 0.3 is 0 Å². The summed E-state index contributed by atoms with van der Waals surface area (Å²) in [5.41, 5.74) is 5.01. The van der Waals surface area contributed by atoms with Crippen molar-refractivity contribution in [3.05, 3.63) is 59.2 Å². The normalized spacial score (nSPS) is 23.6. The lowest BCUT2D eigenvalue weighted by molar-refractivity contribution is 0.0646. The zero-order valence-corrected chi connectivity index (χ0v) is 20.0. The fourth-order valence-electron chi connectivity index (χ4n) is 6.23. The summed E-state index contributed by atoms with van der Waals surface area (Å²) < 4.78 is 0. The molecule has 2 aromatic carbocycles. The molecule has 0 aromatic heterocycles. The topological polar surface area (TPSA) is 43.9 Å². The van der Waals surface area contributed by atoms with E-state index in [9.17, 15) is 9.59 Å². The van der Waals surface area contributed by atoms with E-state index in [2.05, 4.69) is 21.9 Å². The number of likely N-dealkylation sites (tertiary alicyclic amines) is 2. The number of amides is 2. The standard InChI is InChI=1S/C29H35N3O2/c33-28(30-15-2-1-3-16-30)22-9-7-21(8-10-22)23-11-12-27-24(19-23)13-18-32(29(27)34)26-14-17-31(20-26)25-5-4-6-25/h7-12,19,25-26H,1-6,13-18,20H2/t26-/m1/s1. The molecule has 0 N–H and O–H groups in total. The second-order valence-electron chi connectivity index (χ2n) is 10.6. The van der Waals surface area contributed by atoms with Crippen LogP contribution in [0.15, 0.2) is 42.5 Å². The first kappa shape index (κ1) is 21.8. The average molecular weight is 458 g/mol. The Labute approximate surface area is 202 Å². The van der Waals surface area contributed by atoms with E-state index < -0.39 is 0 Å². The molecule has 34 heavy (non-hydrogen) atoms. The number of carbonyl (C=O) groups excluding carboxylic acids is 2. The summed E-state index contributed by atoms with van der Waals surface area (Å²) in [7, 11) is 0. The van der Waals surface area contributed by atoms with Crippen LogP contribution in [0.25, 0.3) is 11.1 Å². The van der Waals surface area contributed by atoms with Crippen molar-refractivity contribution in [3.8, 4) is 11.1 Å². The molecule has 0 radical (unpaired) electrons. The van der Waals surface area contributed by atoms with Crippen molar-refractivity contribution < 1.29 is 9.59 Å². The number of hydrogen-bond acceptors (Lipinski definition) is 3. The van der Waals surface area contributed by atoms with Crippen molar-refractivity contribution in [2.45, 2.75) is 63.5 Å². The van der Waals surface area contributed by atoms with Crippen molar-refractivity contribution >= 4 is 11.8 Å². The summed E-state index contributed by atoms with van der Waals surface area (Å²) in [5, 5.41) is 0. The van der Waals surface area contributed by atoms with E-state index in [0.29, 0.717) is 6.04 Å². The van der Waals surface area contributed by atoms with E-state index in [0.717, 1.165) is 92.3 Å². The Hall–Kier alpha value is -2.66. The second kappa shape index (κ2) is 9.18. The van der Waals surface area contributed by atoms with Gasteiger partial charge in [0, 0.05) is 55.9 Å². The molecule has 5 heteroatoms. The van der Waals surface area contributed by atoms with Crippen LogP contribution in [0, 0.1) is 0 Å². The van der Waals surface area contributed by atoms with Gasteiger partial charge in [0.25, 0.3) is 11.8 Å². The zero-order valence-electron chi connectivity index (χ0n) is 20.0. The molecule has 0 spiro atoms. The molecule has 2 saturated heterocycles. The van der Waals surface area contributed by atoms with E-state index in [-0.39, 0.29) is 11.8 Å². The number of rotatable bonds is 4. The first-order valence-electron chi connectivity index (χ1n) is 13.2. The first-order chi connectivity index (χ1) is 16.7. The third kappa shape index (κ3) is 4.04. The molecule has 2 aromatic rings. The smallest absolute Gasteiger partial charge is 0.254 e. The molecule has 0 bridgehead atoms. The zero-order chi connectivity index (χ0) is 23.1. The van der Waals surface area contributed by atoms with Crippen LogP contribution in [-0.2, 0) is 6.42 Å². The largest absolute Gasteiger partial charge is 0.339 e. The highest BCUT2D eigenvalue weighted by Gasteiger charge is 2.37. The quantitative estimate of drug-likeness (QED) is 0.674. The molecule has 1 saturated carbocycles. The Morgan fingerprint density at radius 1 is 0.765 bits per heavy atom. The molecular formula is C29H35N3O2. The number of carbonyl (C=O) groups is 2. The first-order valence-corrected chi connectivity index (χ1v) is 13.2. The predicted octanol–water partition coefficient (Wildman–Crippen LogP) is 4.60. The third-order valence-corrected chi connectivity index (χ3v) is 8.55. The van der Waals surface area contributed by atoms with Gasteiger partial charge in [0.2, 0.25) is 0 Å². The summed E-state index contributed by atoms with van der Waals surface area (Å²) in [6.45, 7) is 4.75. The van der Waals surface area contributed by atoms with E-state index in [1.54, 1.807) is 0 Å². The van der Waals surface area contributed by atoms with Crippen molar-refractivity contribution in [3.63, 3.8) is 0 Å². The maximum absolute atomic E-state index is 13.3. The van der Waals surface area contributed by atoms with Crippen LogP contribution in [0.3, 0.4) is 0 Å². The minimum atomic E-state index is 0.144. The van der Waals surface area contributed by atoms with Gasteiger partial charge in [0.15, 0.2) is 0 Å². The van der Waals surface area contributed by atoms with E-state index >= 15 is 0 Å². The Morgan fingerprint density at radius 2 is 1.53 bits per heavy atom. The molecule has 3 heterocycles. The fourth-order valence-corrected chi connectivity index (χ4v) is 6.23. The van der Waals surface area contributed by atoms with Crippen LogP contribution >= 0.6 is 0 Å². The molecule has 1 atom stereocenters. The maximum atomic E-state index is 13.3. The maximum Gasteiger partial charge on any atom is 0.254 e. The number of hydrogen-bond donors (Lipinski definition) is 0. The van der Waals surface area contributed by atoms with E-state index in [1.807, 2.05) is 35.2 Å². The lowest BCUT2D eigenvalue weighted by Crippen LogP contribution is -2.47. The van der Waals surface area contributed by atoms with Crippen LogP contribution in [0.1, 0.15) is 71.2 Å². The van der Waals surface area contributed by atoms with Crippen LogP contribution in [0.4, 0.5) is 0 Å². The van der Waals surface area contributed by atoms with Crippen LogP contribution in [-0.4, -0.2) is 71.3 Å². The summed E-state index contributed by atoms with van der Waals surface area (Å²) in [4.78, 5) is 32.8. The summed E-state index contributed by atoms with van der Waals surface area (Å²) >= 11 is 0. The molecule has 3 fully saturated rings. The van der Waals surface area contributed by atoms with Gasteiger partial charge in [-0.3, -0.25) is 14.5 Å². The minimum Gasteiger partial charge on any atom is -0.339 e. The Kier molecular flexibility index (Phi) is 5.90. The molecule has 178 valence electrons. The van der Waals surface area contributed by atoms with Gasteiger partial charge in [-0.2, -0.15) is 0 Å². The van der Waals surface area contributed by atoms with Gasteiger partial charge in [-0.25, -0.2) is 0 Å². The van der Waals surface area contributed by atoms with Crippen molar-refractivity contribution in [1.29, 1.82) is 0 Å². The van der Waals surface area contributed by atoms with E-state index in [1.165, 1.54) is 25.7 Å². The fraction of sp³-hybridized carbons (Fsp3) is 0.517. The highest BCUT2D eigenvalue weighted by Crippen LogP contribution is 2.32. The minimum absolute atomic E-state index is 0.144. The molecule has 1 aliphatic carbocycles. The van der Waals surface area contributed by atoms with Crippen LogP contribution < -0.4 is 0 Å². The molecule has 5 nitrogen and oxygen atoms in total.